The summed E-state index contributed by atoms with van der Waals surface area (Å²) in [4.78, 5) is 13.4. The first-order chi connectivity index (χ1) is 8.65. The summed E-state index contributed by atoms with van der Waals surface area (Å²) in [6, 6.07) is 7.72. The predicted molar refractivity (Wildman–Crippen MR) is 76.7 cm³/mol. The molecule has 1 saturated heterocycles. The number of nitrogens with one attached hydrogen (secondary N) is 2. The second-order valence-electron chi connectivity index (χ2n) is 5.16. The second-order valence-corrected chi connectivity index (χ2v) is 6.01. The van der Waals surface area contributed by atoms with E-state index in [-0.39, 0.29) is 5.91 Å². The van der Waals surface area contributed by atoms with Gasteiger partial charge in [0.2, 0.25) is 0 Å². The number of rotatable bonds is 3. The summed E-state index contributed by atoms with van der Waals surface area (Å²) in [5.74, 6) is 0.844. The van der Waals surface area contributed by atoms with E-state index in [1.54, 1.807) is 0 Å². The fourth-order valence-corrected chi connectivity index (χ4v) is 2.93. The molecule has 1 aliphatic heterocycles. The molecule has 18 heavy (non-hydrogen) atoms. The third-order valence-corrected chi connectivity index (χ3v) is 4.11. The first-order valence-corrected chi connectivity index (χ1v) is 7.32. The summed E-state index contributed by atoms with van der Waals surface area (Å²) < 4.78 is 0.931. The van der Waals surface area contributed by atoms with Gasteiger partial charge in [-0.05, 0) is 40.9 Å². The molecule has 1 fully saturated rings. The van der Waals surface area contributed by atoms with Crippen molar-refractivity contribution in [2.45, 2.75) is 19.8 Å². The number of hydrogen-bond donors (Lipinski definition) is 2. The fraction of sp³-hybridized carbons (Fsp3) is 0.500. The largest absolute Gasteiger partial charge is 0.327 e. The Labute approximate surface area is 117 Å². The van der Waals surface area contributed by atoms with Gasteiger partial charge in [0.25, 0.3) is 5.91 Å². The maximum Gasteiger partial charge on any atom is 0.279 e. The van der Waals surface area contributed by atoms with E-state index in [0.29, 0.717) is 6.54 Å². The lowest BCUT2D eigenvalue weighted by molar-refractivity contribution is -0.900. The Morgan fingerprint density at radius 1 is 1.50 bits per heavy atom. The second kappa shape index (κ2) is 6.34. The van der Waals surface area contributed by atoms with Crippen LogP contribution < -0.4 is 10.2 Å². The highest BCUT2D eigenvalue weighted by molar-refractivity contribution is 9.10. The summed E-state index contributed by atoms with van der Waals surface area (Å²) in [5, 5.41) is 2.97. The predicted octanol–water partition coefficient (Wildman–Crippen LogP) is 1.70. The topological polar surface area (TPSA) is 33.5 Å². The van der Waals surface area contributed by atoms with Crippen LogP contribution in [0.15, 0.2) is 28.7 Å². The van der Waals surface area contributed by atoms with Gasteiger partial charge in [-0.15, -0.1) is 0 Å². The molecular formula is C14H20BrN2O+. The van der Waals surface area contributed by atoms with Crippen LogP contribution in [0.25, 0.3) is 0 Å². The van der Waals surface area contributed by atoms with Gasteiger partial charge in [-0.2, -0.15) is 0 Å². The van der Waals surface area contributed by atoms with E-state index in [2.05, 4.69) is 28.2 Å². The highest BCUT2D eigenvalue weighted by Crippen LogP contribution is 2.20. The average Bonchev–Trinajstić information content (AvgIpc) is 2.32. The number of benzene rings is 1. The van der Waals surface area contributed by atoms with Gasteiger partial charge < -0.3 is 10.2 Å². The molecule has 0 aromatic heterocycles. The molecule has 1 unspecified atom stereocenters. The number of hydrogen-bond acceptors (Lipinski definition) is 1. The van der Waals surface area contributed by atoms with E-state index >= 15 is 0 Å². The highest BCUT2D eigenvalue weighted by atomic mass is 79.9. The van der Waals surface area contributed by atoms with Crippen LogP contribution in [0.1, 0.15) is 19.8 Å². The quantitative estimate of drug-likeness (QED) is 0.875. The molecule has 1 amide bonds. The molecule has 0 radical (unpaired) electrons. The summed E-state index contributed by atoms with van der Waals surface area (Å²) in [5.41, 5.74) is 0.854. The van der Waals surface area contributed by atoms with Gasteiger partial charge in [-0.1, -0.05) is 19.1 Å². The number of quaternary nitrogens is 1. The van der Waals surface area contributed by atoms with Crippen LogP contribution in [-0.2, 0) is 4.79 Å². The van der Waals surface area contributed by atoms with Gasteiger partial charge in [-0.25, -0.2) is 0 Å². The van der Waals surface area contributed by atoms with Gasteiger partial charge in [-0.3, -0.25) is 4.79 Å². The number of carbonyl (C=O) groups is 1. The van der Waals surface area contributed by atoms with Gasteiger partial charge in [0.05, 0.1) is 18.8 Å². The SMILES string of the molecule is C[C@H]1CCC[NH+](CC(=O)Nc2ccccc2Br)C1. The normalized spacial score (nSPS) is 23.7. The minimum absolute atomic E-state index is 0.103. The third kappa shape index (κ3) is 3.82. The van der Waals surface area contributed by atoms with Crippen molar-refractivity contribution in [3.05, 3.63) is 28.7 Å². The van der Waals surface area contributed by atoms with Crippen LogP contribution in [0.2, 0.25) is 0 Å². The van der Waals surface area contributed by atoms with Crippen LogP contribution in [0.5, 0.6) is 0 Å². The van der Waals surface area contributed by atoms with Crippen LogP contribution in [0, 0.1) is 5.92 Å². The standard InChI is InChI=1S/C14H19BrN2O/c1-11-5-4-8-17(9-11)10-14(18)16-13-7-3-2-6-12(13)15/h2-3,6-7,11H,4-5,8-10H2,1H3,(H,16,18)/p+1/t11-/m0/s1. The van der Waals surface area contributed by atoms with Crippen molar-refractivity contribution < 1.29 is 9.69 Å². The first-order valence-electron chi connectivity index (χ1n) is 6.53. The molecule has 1 heterocycles. The summed E-state index contributed by atoms with van der Waals surface area (Å²) in [7, 11) is 0. The molecule has 0 bridgehead atoms. The van der Waals surface area contributed by atoms with Gasteiger partial charge >= 0.3 is 0 Å². The van der Waals surface area contributed by atoms with Crippen molar-refractivity contribution in [1.29, 1.82) is 0 Å². The summed E-state index contributed by atoms with van der Waals surface area (Å²) >= 11 is 3.44. The number of carbonyl (C=O) groups excluding carboxylic acids is 1. The van der Waals surface area contributed by atoms with Crippen molar-refractivity contribution in [3.63, 3.8) is 0 Å². The Bertz CT molecular complexity index is 422. The molecule has 1 aromatic carbocycles. The number of likely N-dealkylation sites (tertiary alicyclic amines) is 1. The molecule has 0 saturated carbocycles. The maximum absolute atomic E-state index is 12.0. The van der Waals surface area contributed by atoms with E-state index in [1.807, 2.05) is 24.3 Å². The fourth-order valence-electron chi connectivity index (χ4n) is 2.54. The number of amides is 1. The number of para-hydroxylation sites is 1. The molecule has 1 aliphatic rings. The Morgan fingerprint density at radius 2 is 2.28 bits per heavy atom. The number of anilines is 1. The molecule has 2 rings (SSSR count). The minimum Gasteiger partial charge on any atom is -0.327 e. The van der Waals surface area contributed by atoms with E-state index in [9.17, 15) is 4.79 Å². The van der Waals surface area contributed by atoms with Gasteiger partial charge in [0.1, 0.15) is 0 Å². The molecule has 3 nitrogen and oxygen atoms in total. The van der Waals surface area contributed by atoms with E-state index in [1.165, 1.54) is 17.7 Å². The van der Waals surface area contributed by atoms with Crippen molar-refractivity contribution in [3.8, 4) is 0 Å². The molecule has 2 N–H and O–H groups in total. The Morgan fingerprint density at radius 3 is 3.00 bits per heavy atom. The summed E-state index contributed by atoms with van der Waals surface area (Å²) in [6.45, 7) is 5.08. The van der Waals surface area contributed by atoms with E-state index in [0.717, 1.165) is 29.2 Å². The van der Waals surface area contributed by atoms with Crippen LogP contribution in [0.4, 0.5) is 5.69 Å². The molecule has 0 aliphatic carbocycles. The van der Waals surface area contributed by atoms with Crippen molar-refractivity contribution in [1.82, 2.24) is 0 Å². The molecular weight excluding hydrogens is 292 g/mol. The Hall–Kier alpha value is -0.870. The van der Waals surface area contributed by atoms with Crippen molar-refractivity contribution in [2.75, 3.05) is 25.0 Å². The lowest BCUT2D eigenvalue weighted by Crippen LogP contribution is -3.14. The Kier molecular flexibility index (Phi) is 4.78. The van der Waals surface area contributed by atoms with Crippen molar-refractivity contribution >= 4 is 27.5 Å². The maximum atomic E-state index is 12.0. The van der Waals surface area contributed by atoms with Crippen LogP contribution >= 0.6 is 15.9 Å². The zero-order valence-electron chi connectivity index (χ0n) is 10.7. The van der Waals surface area contributed by atoms with Crippen LogP contribution in [0.3, 0.4) is 0 Å². The number of piperidine rings is 1. The number of halogens is 1. The molecule has 98 valence electrons. The average molecular weight is 312 g/mol. The lowest BCUT2D eigenvalue weighted by atomic mass is 10.0. The van der Waals surface area contributed by atoms with Gasteiger partial charge in [0.15, 0.2) is 6.54 Å². The Balaban J connectivity index is 1.87. The molecule has 4 heteroatoms. The third-order valence-electron chi connectivity index (χ3n) is 3.42. The van der Waals surface area contributed by atoms with E-state index in [4.69, 9.17) is 0 Å². The molecule has 1 aromatic rings. The van der Waals surface area contributed by atoms with Gasteiger partial charge in [0, 0.05) is 10.4 Å². The molecule has 2 atom stereocenters. The lowest BCUT2D eigenvalue weighted by Gasteiger charge is -2.27. The molecule has 0 spiro atoms. The smallest absolute Gasteiger partial charge is 0.279 e. The van der Waals surface area contributed by atoms with E-state index < -0.39 is 0 Å². The van der Waals surface area contributed by atoms with Crippen molar-refractivity contribution in [2.24, 2.45) is 5.92 Å². The first kappa shape index (κ1) is 13.6. The highest BCUT2D eigenvalue weighted by Gasteiger charge is 2.22. The summed E-state index contributed by atoms with van der Waals surface area (Å²) in [6.07, 6.45) is 2.54. The zero-order valence-corrected chi connectivity index (χ0v) is 12.3. The monoisotopic (exact) mass is 311 g/mol. The van der Waals surface area contributed by atoms with Crippen LogP contribution in [-0.4, -0.2) is 25.5 Å². The minimum atomic E-state index is 0.103. The zero-order chi connectivity index (χ0) is 13.0.